The minimum absolute atomic E-state index is 0.0386. The fourth-order valence-electron chi connectivity index (χ4n) is 2.97. The summed E-state index contributed by atoms with van der Waals surface area (Å²) in [5.41, 5.74) is 3.81. The van der Waals surface area contributed by atoms with Crippen LogP contribution in [0.1, 0.15) is 23.6 Å². The number of hydrogen-bond acceptors (Lipinski definition) is 5. The largest absolute Gasteiger partial charge is 0.459 e. The molecule has 0 atom stereocenters. The van der Waals surface area contributed by atoms with Gasteiger partial charge in [-0.25, -0.2) is 9.97 Å². The number of nitrogens with zero attached hydrogens (tertiary/aromatic N) is 2. The molecule has 0 bridgehead atoms. The van der Waals surface area contributed by atoms with Gasteiger partial charge in [-0.2, -0.15) is 0 Å². The van der Waals surface area contributed by atoms with Gasteiger partial charge in [-0.05, 0) is 30.7 Å². The van der Waals surface area contributed by atoms with Crippen LogP contribution in [0.25, 0.3) is 22.0 Å². The Morgan fingerprint density at radius 1 is 1.07 bits per heavy atom. The van der Waals surface area contributed by atoms with Crippen molar-refractivity contribution in [3.05, 3.63) is 70.7 Å². The van der Waals surface area contributed by atoms with Crippen LogP contribution in [0.5, 0.6) is 0 Å². The molecule has 0 saturated carbocycles. The Morgan fingerprint density at radius 3 is 2.63 bits per heavy atom. The molecule has 0 unspecified atom stereocenters. The smallest absolute Gasteiger partial charge is 0.306 e. The summed E-state index contributed by atoms with van der Waals surface area (Å²) < 4.78 is 11.0. The normalized spacial score (nSPS) is 11.2. The number of hydrogen-bond donors (Lipinski definition) is 0. The van der Waals surface area contributed by atoms with Crippen molar-refractivity contribution in [1.29, 1.82) is 0 Å². The molecular formula is C21H17ClN2O3. The van der Waals surface area contributed by atoms with E-state index in [1.54, 1.807) is 0 Å². The van der Waals surface area contributed by atoms with E-state index in [2.05, 4.69) is 9.97 Å². The summed E-state index contributed by atoms with van der Waals surface area (Å²) in [7, 11) is 0. The van der Waals surface area contributed by atoms with E-state index in [0.717, 1.165) is 22.0 Å². The van der Waals surface area contributed by atoms with Crippen LogP contribution in [0.2, 0.25) is 5.02 Å². The summed E-state index contributed by atoms with van der Waals surface area (Å²) in [6.45, 7) is 1.97. The average molecular weight is 381 g/mol. The molecule has 27 heavy (non-hydrogen) atoms. The van der Waals surface area contributed by atoms with E-state index < -0.39 is 0 Å². The van der Waals surface area contributed by atoms with Crippen molar-refractivity contribution in [2.24, 2.45) is 0 Å². The lowest BCUT2D eigenvalue weighted by Crippen LogP contribution is -2.08. The first-order valence-electron chi connectivity index (χ1n) is 8.65. The van der Waals surface area contributed by atoms with Gasteiger partial charge in [0, 0.05) is 11.8 Å². The van der Waals surface area contributed by atoms with Gasteiger partial charge in [0.1, 0.15) is 12.1 Å². The lowest BCUT2D eigenvalue weighted by Gasteiger charge is -2.10. The molecule has 6 heteroatoms. The molecule has 4 rings (SSSR count). The quantitative estimate of drug-likeness (QED) is 0.455. The number of aromatic nitrogens is 2. The molecule has 4 aromatic rings. The first-order chi connectivity index (χ1) is 13.1. The van der Waals surface area contributed by atoms with Crippen LogP contribution in [-0.2, 0) is 22.6 Å². The van der Waals surface area contributed by atoms with Crippen LogP contribution in [0, 0.1) is 6.92 Å². The second-order valence-electron chi connectivity index (χ2n) is 6.25. The number of carbonyl (C=O) groups is 1. The summed E-state index contributed by atoms with van der Waals surface area (Å²) in [5.74, 6) is 0.173. The zero-order chi connectivity index (χ0) is 18.8. The third-order valence-electron chi connectivity index (χ3n) is 4.40. The summed E-state index contributed by atoms with van der Waals surface area (Å²) in [6, 6.07) is 15.2. The maximum absolute atomic E-state index is 12.1. The van der Waals surface area contributed by atoms with E-state index in [1.165, 1.54) is 0 Å². The predicted octanol–water partition coefficient (Wildman–Crippen LogP) is 5.01. The summed E-state index contributed by atoms with van der Waals surface area (Å²) >= 11 is 6.39. The highest BCUT2D eigenvalue weighted by Gasteiger charge is 2.13. The Balaban J connectivity index is 1.40. The molecule has 0 fully saturated rings. The zero-order valence-corrected chi connectivity index (χ0v) is 15.5. The molecule has 0 radical (unpaired) electrons. The summed E-state index contributed by atoms with van der Waals surface area (Å²) in [4.78, 5) is 21.0. The molecule has 0 aliphatic heterocycles. The SMILES string of the molecule is Cc1c(Cl)c(COC(=O)CCc2nc3ccccc3o2)nc2ccccc12. The number of pyridine rings is 1. The zero-order valence-electron chi connectivity index (χ0n) is 14.7. The van der Waals surface area contributed by atoms with E-state index in [4.69, 9.17) is 20.8 Å². The number of rotatable bonds is 5. The summed E-state index contributed by atoms with van der Waals surface area (Å²) in [5, 5.41) is 1.52. The maximum atomic E-state index is 12.1. The third kappa shape index (κ3) is 3.64. The number of esters is 1. The van der Waals surface area contributed by atoms with Gasteiger partial charge in [0.2, 0.25) is 0 Å². The van der Waals surface area contributed by atoms with Crippen molar-refractivity contribution in [1.82, 2.24) is 9.97 Å². The van der Waals surface area contributed by atoms with Crippen LogP contribution < -0.4 is 0 Å². The van der Waals surface area contributed by atoms with Crippen LogP contribution in [0.15, 0.2) is 52.9 Å². The van der Waals surface area contributed by atoms with E-state index in [9.17, 15) is 4.79 Å². The Hall–Kier alpha value is -2.92. The fourth-order valence-corrected chi connectivity index (χ4v) is 3.17. The third-order valence-corrected chi connectivity index (χ3v) is 4.90. The van der Waals surface area contributed by atoms with Crippen molar-refractivity contribution >= 4 is 39.6 Å². The number of ether oxygens (including phenoxy) is 1. The number of aryl methyl sites for hydroxylation is 2. The van der Waals surface area contributed by atoms with Crippen molar-refractivity contribution < 1.29 is 13.9 Å². The van der Waals surface area contributed by atoms with E-state index in [0.29, 0.717) is 28.6 Å². The van der Waals surface area contributed by atoms with E-state index in [1.807, 2.05) is 55.5 Å². The fraction of sp³-hybridized carbons (Fsp3) is 0.190. The molecule has 0 aliphatic carbocycles. The Labute approximate surface area is 160 Å². The number of halogens is 1. The van der Waals surface area contributed by atoms with Crippen molar-refractivity contribution in [2.75, 3.05) is 0 Å². The molecule has 0 aliphatic rings. The second-order valence-corrected chi connectivity index (χ2v) is 6.63. The molecule has 0 spiro atoms. The lowest BCUT2D eigenvalue weighted by molar-refractivity contribution is -0.145. The second kappa shape index (κ2) is 7.37. The number of para-hydroxylation sites is 3. The predicted molar refractivity (Wildman–Crippen MR) is 104 cm³/mol. The molecule has 2 heterocycles. The Kier molecular flexibility index (Phi) is 4.77. The van der Waals surface area contributed by atoms with Gasteiger partial charge in [0.25, 0.3) is 0 Å². The van der Waals surface area contributed by atoms with Gasteiger partial charge in [-0.15, -0.1) is 0 Å². The van der Waals surface area contributed by atoms with Crippen LogP contribution in [0.4, 0.5) is 0 Å². The summed E-state index contributed by atoms with van der Waals surface area (Å²) in [6.07, 6.45) is 0.558. The number of oxazole rings is 1. The lowest BCUT2D eigenvalue weighted by atomic mass is 10.1. The number of carbonyl (C=O) groups excluding carboxylic acids is 1. The molecule has 0 N–H and O–H groups in total. The molecule has 136 valence electrons. The molecule has 0 amide bonds. The van der Waals surface area contributed by atoms with E-state index >= 15 is 0 Å². The molecule has 5 nitrogen and oxygen atoms in total. The van der Waals surface area contributed by atoms with Crippen molar-refractivity contribution in [3.8, 4) is 0 Å². The first kappa shape index (κ1) is 17.5. The van der Waals surface area contributed by atoms with Gasteiger partial charge < -0.3 is 9.15 Å². The molecule has 2 aromatic carbocycles. The molecular weight excluding hydrogens is 364 g/mol. The van der Waals surface area contributed by atoms with Crippen molar-refractivity contribution in [3.63, 3.8) is 0 Å². The van der Waals surface area contributed by atoms with Crippen LogP contribution >= 0.6 is 11.6 Å². The molecule has 0 saturated heterocycles. The van der Waals surface area contributed by atoms with Gasteiger partial charge in [-0.3, -0.25) is 4.79 Å². The van der Waals surface area contributed by atoms with Crippen LogP contribution in [0.3, 0.4) is 0 Å². The Morgan fingerprint density at radius 2 is 1.81 bits per heavy atom. The van der Waals surface area contributed by atoms with Gasteiger partial charge >= 0.3 is 5.97 Å². The monoisotopic (exact) mass is 380 g/mol. The van der Waals surface area contributed by atoms with E-state index in [-0.39, 0.29) is 19.0 Å². The Bertz CT molecular complexity index is 1100. The van der Waals surface area contributed by atoms with Gasteiger partial charge in [0.15, 0.2) is 11.5 Å². The van der Waals surface area contributed by atoms with Crippen molar-refractivity contribution in [2.45, 2.75) is 26.4 Å². The molecule has 2 aromatic heterocycles. The number of fused-ring (bicyclic) bond motifs is 2. The highest BCUT2D eigenvalue weighted by atomic mass is 35.5. The van der Waals surface area contributed by atoms with Gasteiger partial charge in [-0.1, -0.05) is 41.9 Å². The van der Waals surface area contributed by atoms with Crippen LogP contribution in [-0.4, -0.2) is 15.9 Å². The highest BCUT2D eigenvalue weighted by molar-refractivity contribution is 6.32. The maximum Gasteiger partial charge on any atom is 0.306 e. The average Bonchev–Trinajstić information content (AvgIpc) is 3.11. The van der Waals surface area contributed by atoms with Gasteiger partial charge in [0.05, 0.1) is 22.7 Å². The first-order valence-corrected chi connectivity index (χ1v) is 9.03. The minimum atomic E-state index is -0.346. The standard InChI is InChI=1S/C21H17ClN2O3/c1-13-14-6-2-3-7-15(14)23-17(21(13)22)12-26-20(25)11-10-19-24-16-8-4-5-9-18(16)27-19/h2-9H,10-12H2,1H3. The topological polar surface area (TPSA) is 65.2 Å². The number of benzene rings is 2. The minimum Gasteiger partial charge on any atom is -0.459 e. The highest BCUT2D eigenvalue weighted by Crippen LogP contribution is 2.27.